The molecule has 1 heterocycles. The third kappa shape index (κ3) is 2.53. The number of hydrogen-bond acceptors (Lipinski definition) is 3. The molecule has 76 valence electrons. The van der Waals surface area contributed by atoms with Gasteiger partial charge in [0, 0.05) is 35.5 Å². The fraction of sp³-hybridized carbons (Fsp3) is 0.500. The van der Waals surface area contributed by atoms with E-state index in [4.69, 9.17) is 5.73 Å². The standard InChI is InChI=1S/C10H14BrN3/c11-8-3-7(5-13-6-8)10(4-12)14-9-1-2-9/h3,5-6,9-10,14H,1-2,4,12H2. The molecule has 2 rings (SSSR count). The van der Waals surface area contributed by atoms with Crippen molar-refractivity contribution in [3.63, 3.8) is 0 Å². The van der Waals surface area contributed by atoms with Crippen LogP contribution in [0.15, 0.2) is 22.9 Å². The Kier molecular flexibility index (Phi) is 3.15. The van der Waals surface area contributed by atoms with Crippen molar-refractivity contribution < 1.29 is 0 Å². The number of nitrogens with zero attached hydrogens (tertiary/aromatic N) is 1. The number of hydrogen-bond donors (Lipinski definition) is 2. The summed E-state index contributed by atoms with van der Waals surface area (Å²) in [5, 5.41) is 3.50. The van der Waals surface area contributed by atoms with Crippen LogP contribution in [0.25, 0.3) is 0 Å². The van der Waals surface area contributed by atoms with E-state index in [0.29, 0.717) is 12.6 Å². The van der Waals surface area contributed by atoms with Crippen LogP contribution >= 0.6 is 15.9 Å². The maximum absolute atomic E-state index is 5.73. The predicted molar refractivity (Wildman–Crippen MR) is 59.9 cm³/mol. The lowest BCUT2D eigenvalue weighted by atomic mass is 10.1. The van der Waals surface area contributed by atoms with Crippen LogP contribution in [-0.4, -0.2) is 17.6 Å². The van der Waals surface area contributed by atoms with E-state index >= 15 is 0 Å². The molecule has 3 N–H and O–H groups in total. The van der Waals surface area contributed by atoms with Gasteiger partial charge in [-0.15, -0.1) is 0 Å². The lowest BCUT2D eigenvalue weighted by Gasteiger charge is -2.16. The molecule has 0 saturated heterocycles. The summed E-state index contributed by atoms with van der Waals surface area (Å²) >= 11 is 3.41. The molecule has 4 heteroatoms. The Labute approximate surface area is 92.2 Å². The van der Waals surface area contributed by atoms with Gasteiger partial charge in [0.25, 0.3) is 0 Å². The topological polar surface area (TPSA) is 50.9 Å². The SMILES string of the molecule is NCC(NC1CC1)c1cncc(Br)c1. The van der Waals surface area contributed by atoms with Crippen LogP contribution in [-0.2, 0) is 0 Å². The Bertz CT molecular complexity index is 312. The second kappa shape index (κ2) is 4.38. The van der Waals surface area contributed by atoms with Gasteiger partial charge in [0.1, 0.15) is 0 Å². The molecule has 1 atom stereocenters. The maximum atomic E-state index is 5.73. The van der Waals surface area contributed by atoms with E-state index < -0.39 is 0 Å². The summed E-state index contributed by atoms with van der Waals surface area (Å²) in [6, 6.07) is 2.98. The largest absolute Gasteiger partial charge is 0.329 e. The van der Waals surface area contributed by atoms with Crippen LogP contribution in [0.2, 0.25) is 0 Å². The van der Waals surface area contributed by atoms with E-state index in [1.165, 1.54) is 12.8 Å². The number of nitrogens with one attached hydrogen (secondary N) is 1. The molecule has 1 unspecified atom stereocenters. The number of pyridine rings is 1. The van der Waals surface area contributed by atoms with Gasteiger partial charge in [0.05, 0.1) is 0 Å². The Morgan fingerprint density at radius 3 is 2.93 bits per heavy atom. The molecule has 1 aromatic heterocycles. The van der Waals surface area contributed by atoms with Crippen molar-refractivity contribution in [1.29, 1.82) is 0 Å². The molecule has 0 bridgehead atoms. The summed E-state index contributed by atoms with van der Waals surface area (Å²) in [4.78, 5) is 4.14. The Morgan fingerprint density at radius 1 is 1.57 bits per heavy atom. The molecule has 1 fully saturated rings. The second-order valence-corrected chi connectivity index (χ2v) is 4.58. The quantitative estimate of drug-likeness (QED) is 0.860. The van der Waals surface area contributed by atoms with Crippen molar-refractivity contribution in [2.75, 3.05) is 6.54 Å². The van der Waals surface area contributed by atoms with Gasteiger partial charge < -0.3 is 11.1 Å². The summed E-state index contributed by atoms with van der Waals surface area (Å²) in [6.07, 6.45) is 6.21. The van der Waals surface area contributed by atoms with Gasteiger partial charge in [-0.25, -0.2) is 0 Å². The number of aromatic nitrogens is 1. The van der Waals surface area contributed by atoms with E-state index in [1.54, 1.807) is 6.20 Å². The predicted octanol–water partition coefficient (Wildman–Crippen LogP) is 1.60. The van der Waals surface area contributed by atoms with Crippen LogP contribution in [0.3, 0.4) is 0 Å². The Balaban J connectivity index is 2.08. The molecular weight excluding hydrogens is 242 g/mol. The maximum Gasteiger partial charge on any atom is 0.0462 e. The third-order valence-corrected chi connectivity index (χ3v) is 2.81. The van der Waals surface area contributed by atoms with Crippen LogP contribution in [0, 0.1) is 0 Å². The van der Waals surface area contributed by atoms with Gasteiger partial charge in [0.15, 0.2) is 0 Å². The van der Waals surface area contributed by atoms with Crippen molar-refractivity contribution >= 4 is 15.9 Å². The normalized spacial score (nSPS) is 18.1. The van der Waals surface area contributed by atoms with Crippen LogP contribution in [0.4, 0.5) is 0 Å². The average Bonchev–Trinajstić information content (AvgIpc) is 2.98. The monoisotopic (exact) mass is 255 g/mol. The number of nitrogens with two attached hydrogens (primary N) is 1. The molecule has 0 amide bonds. The lowest BCUT2D eigenvalue weighted by Crippen LogP contribution is -2.29. The molecular formula is C10H14BrN3. The lowest BCUT2D eigenvalue weighted by molar-refractivity contribution is 0.537. The Morgan fingerprint density at radius 2 is 2.36 bits per heavy atom. The van der Waals surface area contributed by atoms with Gasteiger partial charge in [-0.3, -0.25) is 4.98 Å². The molecule has 3 nitrogen and oxygen atoms in total. The van der Waals surface area contributed by atoms with Gasteiger partial charge in [-0.1, -0.05) is 0 Å². The fourth-order valence-corrected chi connectivity index (χ4v) is 1.84. The third-order valence-electron chi connectivity index (χ3n) is 2.38. The molecule has 0 radical (unpaired) electrons. The van der Waals surface area contributed by atoms with Gasteiger partial charge in [-0.05, 0) is 40.4 Å². The summed E-state index contributed by atoms with van der Waals surface area (Å²) in [6.45, 7) is 0.620. The van der Waals surface area contributed by atoms with Crippen LogP contribution < -0.4 is 11.1 Å². The highest BCUT2D eigenvalue weighted by Crippen LogP contribution is 2.24. The van der Waals surface area contributed by atoms with E-state index in [1.807, 2.05) is 6.20 Å². The number of halogens is 1. The summed E-state index contributed by atoms with van der Waals surface area (Å²) < 4.78 is 1.01. The highest BCUT2D eigenvalue weighted by atomic mass is 79.9. The molecule has 1 aliphatic rings. The van der Waals surface area contributed by atoms with E-state index in [-0.39, 0.29) is 6.04 Å². The molecule has 1 aliphatic carbocycles. The Hall–Kier alpha value is -0.450. The molecule has 0 aliphatic heterocycles. The first kappa shape index (κ1) is 10.1. The molecule has 0 spiro atoms. The van der Waals surface area contributed by atoms with Crippen molar-refractivity contribution in [2.24, 2.45) is 5.73 Å². The van der Waals surface area contributed by atoms with Crippen LogP contribution in [0.1, 0.15) is 24.4 Å². The van der Waals surface area contributed by atoms with Crippen molar-refractivity contribution in [1.82, 2.24) is 10.3 Å². The summed E-state index contributed by atoms with van der Waals surface area (Å²) in [5.41, 5.74) is 6.89. The minimum Gasteiger partial charge on any atom is -0.329 e. The van der Waals surface area contributed by atoms with Crippen molar-refractivity contribution in [3.05, 3.63) is 28.5 Å². The zero-order valence-corrected chi connectivity index (χ0v) is 9.50. The first-order valence-electron chi connectivity index (χ1n) is 4.86. The first-order chi connectivity index (χ1) is 6.79. The van der Waals surface area contributed by atoms with E-state index in [9.17, 15) is 0 Å². The van der Waals surface area contributed by atoms with E-state index in [2.05, 4.69) is 32.3 Å². The fourth-order valence-electron chi connectivity index (χ4n) is 1.45. The summed E-state index contributed by atoms with van der Waals surface area (Å²) in [5.74, 6) is 0. The van der Waals surface area contributed by atoms with Gasteiger partial charge >= 0.3 is 0 Å². The zero-order chi connectivity index (χ0) is 9.97. The number of rotatable bonds is 4. The highest BCUT2D eigenvalue weighted by Gasteiger charge is 2.24. The minimum atomic E-state index is 0.243. The molecule has 14 heavy (non-hydrogen) atoms. The first-order valence-corrected chi connectivity index (χ1v) is 5.65. The van der Waals surface area contributed by atoms with Gasteiger partial charge in [0.2, 0.25) is 0 Å². The minimum absolute atomic E-state index is 0.243. The molecule has 1 saturated carbocycles. The highest BCUT2D eigenvalue weighted by molar-refractivity contribution is 9.10. The second-order valence-electron chi connectivity index (χ2n) is 3.67. The average molecular weight is 256 g/mol. The molecule has 1 aromatic rings. The van der Waals surface area contributed by atoms with Crippen molar-refractivity contribution in [2.45, 2.75) is 24.9 Å². The molecule has 0 aromatic carbocycles. The van der Waals surface area contributed by atoms with Crippen molar-refractivity contribution in [3.8, 4) is 0 Å². The summed E-state index contributed by atoms with van der Waals surface area (Å²) in [7, 11) is 0. The van der Waals surface area contributed by atoms with E-state index in [0.717, 1.165) is 10.0 Å². The van der Waals surface area contributed by atoms with Crippen LogP contribution in [0.5, 0.6) is 0 Å². The zero-order valence-electron chi connectivity index (χ0n) is 7.91. The smallest absolute Gasteiger partial charge is 0.0462 e. The van der Waals surface area contributed by atoms with Gasteiger partial charge in [-0.2, -0.15) is 0 Å².